The summed E-state index contributed by atoms with van der Waals surface area (Å²) in [5, 5.41) is 21.4. The molecule has 2 aromatic heterocycles. The topological polar surface area (TPSA) is 159 Å². The molecule has 1 atom stereocenters. The number of halogens is 10. The van der Waals surface area contributed by atoms with Crippen molar-refractivity contribution in [2.45, 2.75) is 37.1 Å². The van der Waals surface area contributed by atoms with E-state index in [1.165, 1.54) is 17.8 Å². The van der Waals surface area contributed by atoms with Gasteiger partial charge in [-0.05, 0) is 30.2 Å². The van der Waals surface area contributed by atoms with Gasteiger partial charge in [-0.15, -0.1) is 0 Å². The van der Waals surface area contributed by atoms with Gasteiger partial charge in [-0.3, -0.25) is 9.88 Å². The standard InChI is InChI=1S/C18H20FN3O2.3C2HF3O2/c19-16-4-2-7-21-17(16)23-11-15-5-8-24-18(15)12-22(13-18)10-14-3-1-6-20-9-14;3*3-2(4,5)1(6)7/h1-4,6-7,9,15H,5,8,10-13H2;3*(H,6,7). The van der Waals surface area contributed by atoms with E-state index in [9.17, 15) is 43.9 Å². The molecule has 0 amide bonds. The molecule has 2 aliphatic rings. The summed E-state index contributed by atoms with van der Waals surface area (Å²) in [6.45, 7) is 3.80. The first-order valence-electron chi connectivity index (χ1n) is 12.0. The van der Waals surface area contributed by atoms with Crippen LogP contribution in [-0.4, -0.2) is 98.5 Å². The molecule has 4 heterocycles. The minimum atomic E-state index is -5.08. The minimum Gasteiger partial charge on any atom is -0.475 e. The number of aliphatic carboxylic acids is 3. The fourth-order valence-electron chi connectivity index (χ4n) is 3.60. The van der Waals surface area contributed by atoms with E-state index in [4.69, 9.17) is 39.2 Å². The molecule has 21 heteroatoms. The largest absolute Gasteiger partial charge is 0.490 e. The lowest BCUT2D eigenvalue weighted by molar-refractivity contribution is -0.193. The lowest BCUT2D eigenvalue weighted by atomic mass is 9.81. The van der Waals surface area contributed by atoms with Crippen LogP contribution < -0.4 is 4.74 Å². The molecule has 252 valence electrons. The molecule has 2 aromatic rings. The quantitative estimate of drug-likeness (QED) is 0.392. The van der Waals surface area contributed by atoms with Gasteiger partial charge in [0.1, 0.15) is 0 Å². The van der Waals surface area contributed by atoms with Crippen LogP contribution in [0.15, 0.2) is 42.9 Å². The Hall–Kier alpha value is -4.27. The number of pyridine rings is 2. The summed E-state index contributed by atoms with van der Waals surface area (Å²) in [7, 11) is 0. The Bertz CT molecular complexity index is 1200. The van der Waals surface area contributed by atoms with Crippen LogP contribution in [0.3, 0.4) is 0 Å². The van der Waals surface area contributed by atoms with Gasteiger partial charge in [0.05, 0.1) is 12.2 Å². The number of carbonyl (C=O) groups is 3. The molecule has 2 fully saturated rings. The normalized spacial score (nSPS) is 17.2. The summed E-state index contributed by atoms with van der Waals surface area (Å²) in [5.41, 5.74) is 1.04. The molecule has 0 bridgehead atoms. The van der Waals surface area contributed by atoms with Crippen molar-refractivity contribution in [2.75, 3.05) is 26.3 Å². The first-order chi connectivity index (χ1) is 20.6. The van der Waals surface area contributed by atoms with E-state index < -0.39 is 42.3 Å². The van der Waals surface area contributed by atoms with Gasteiger partial charge in [-0.1, -0.05) is 6.07 Å². The molecular formula is C24H23F10N3O8. The maximum Gasteiger partial charge on any atom is 0.490 e. The van der Waals surface area contributed by atoms with Gasteiger partial charge in [0.15, 0.2) is 5.82 Å². The molecule has 2 saturated heterocycles. The molecule has 0 aromatic carbocycles. The van der Waals surface area contributed by atoms with Crippen LogP contribution in [0.25, 0.3) is 0 Å². The average molecular weight is 671 g/mol. The van der Waals surface area contributed by atoms with Gasteiger partial charge in [0, 0.05) is 50.7 Å². The number of ether oxygens (including phenoxy) is 2. The number of carboxylic acid groups (broad SMARTS) is 3. The molecule has 45 heavy (non-hydrogen) atoms. The number of hydrogen-bond donors (Lipinski definition) is 3. The van der Waals surface area contributed by atoms with Crippen molar-refractivity contribution in [2.24, 2.45) is 5.92 Å². The molecule has 4 rings (SSSR count). The molecule has 11 nitrogen and oxygen atoms in total. The number of aromatic nitrogens is 2. The van der Waals surface area contributed by atoms with Crippen molar-refractivity contribution >= 4 is 17.9 Å². The molecular weight excluding hydrogens is 648 g/mol. The summed E-state index contributed by atoms with van der Waals surface area (Å²) >= 11 is 0. The van der Waals surface area contributed by atoms with Gasteiger partial charge < -0.3 is 24.8 Å². The summed E-state index contributed by atoms with van der Waals surface area (Å²) in [4.78, 5) is 37.1. The first-order valence-corrected chi connectivity index (χ1v) is 12.0. The number of nitrogens with zero attached hydrogens (tertiary/aromatic N) is 3. The van der Waals surface area contributed by atoms with Crippen molar-refractivity contribution in [1.29, 1.82) is 0 Å². The van der Waals surface area contributed by atoms with Crippen LogP contribution in [-0.2, 0) is 25.7 Å². The third-order valence-electron chi connectivity index (χ3n) is 5.58. The predicted molar refractivity (Wildman–Crippen MR) is 127 cm³/mol. The molecule has 0 aliphatic carbocycles. The zero-order chi connectivity index (χ0) is 34.6. The van der Waals surface area contributed by atoms with E-state index >= 15 is 0 Å². The highest BCUT2D eigenvalue weighted by Crippen LogP contribution is 2.40. The number of alkyl halides is 9. The second-order valence-corrected chi connectivity index (χ2v) is 8.92. The van der Waals surface area contributed by atoms with Gasteiger partial charge in [0.2, 0.25) is 5.88 Å². The van der Waals surface area contributed by atoms with Crippen LogP contribution in [0.5, 0.6) is 5.88 Å². The van der Waals surface area contributed by atoms with Gasteiger partial charge in [-0.25, -0.2) is 23.8 Å². The summed E-state index contributed by atoms with van der Waals surface area (Å²) in [5.74, 6) is -8.35. The minimum absolute atomic E-state index is 0.0751. The van der Waals surface area contributed by atoms with E-state index in [0.29, 0.717) is 6.61 Å². The third kappa shape index (κ3) is 13.5. The van der Waals surface area contributed by atoms with Crippen molar-refractivity contribution in [3.05, 3.63) is 54.2 Å². The molecule has 0 saturated carbocycles. The second-order valence-electron chi connectivity index (χ2n) is 8.92. The Morgan fingerprint density at radius 2 is 1.38 bits per heavy atom. The van der Waals surface area contributed by atoms with Crippen LogP contribution in [0.1, 0.15) is 12.0 Å². The van der Waals surface area contributed by atoms with Crippen molar-refractivity contribution in [3.63, 3.8) is 0 Å². The smallest absolute Gasteiger partial charge is 0.475 e. The number of carboxylic acids is 3. The van der Waals surface area contributed by atoms with Gasteiger partial charge in [-0.2, -0.15) is 39.5 Å². The summed E-state index contributed by atoms with van der Waals surface area (Å²) < 4.78 is 120. The molecule has 0 radical (unpaired) electrons. The fourth-order valence-corrected chi connectivity index (χ4v) is 3.60. The highest BCUT2D eigenvalue weighted by atomic mass is 19.4. The van der Waals surface area contributed by atoms with E-state index in [1.54, 1.807) is 12.3 Å². The maximum atomic E-state index is 13.6. The van der Waals surface area contributed by atoms with Crippen molar-refractivity contribution in [3.8, 4) is 5.88 Å². The van der Waals surface area contributed by atoms with E-state index in [1.807, 2.05) is 12.3 Å². The number of likely N-dealkylation sites (tertiary alicyclic amines) is 1. The van der Waals surface area contributed by atoms with Crippen LogP contribution in [0.2, 0.25) is 0 Å². The fraction of sp³-hybridized carbons (Fsp3) is 0.458. The lowest BCUT2D eigenvalue weighted by Gasteiger charge is -2.50. The van der Waals surface area contributed by atoms with Crippen LogP contribution >= 0.6 is 0 Å². The molecule has 2 aliphatic heterocycles. The highest BCUT2D eigenvalue weighted by Gasteiger charge is 2.53. The molecule has 1 unspecified atom stereocenters. The Labute approximate surface area is 246 Å². The Morgan fingerprint density at radius 1 is 0.889 bits per heavy atom. The molecule has 3 N–H and O–H groups in total. The lowest BCUT2D eigenvalue weighted by Crippen LogP contribution is -2.64. The van der Waals surface area contributed by atoms with E-state index in [0.717, 1.165) is 32.7 Å². The van der Waals surface area contributed by atoms with Crippen molar-refractivity contribution in [1.82, 2.24) is 14.9 Å². The maximum absolute atomic E-state index is 13.6. The van der Waals surface area contributed by atoms with E-state index in [2.05, 4.69) is 20.9 Å². The van der Waals surface area contributed by atoms with Crippen molar-refractivity contribution < 1.29 is 83.1 Å². The van der Waals surface area contributed by atoms with Crippen LogP contribution in [0.4, 0.5) is 43.9 Å². The Morgan fingerprint density at radius 3 is 1.80 bits per heavy atom. The third-order valence-corrected chi connectivity index (χ3v) is 5.58. The SMILES string of the molecule is Fc1cccnc1OCC1CCOC12CN(Cc1cccnc1)C2.O=C(O)C(F)(F)F.O=C(O)C(F)(F)F.O=C(O)C(F)(F)F. The monoisotopic (exact) mass is 671 g/mol. The zero-order valence-corrected chi connectivity index (χ0v) is 22.4. The predicted octanol–water partition coefficient (Wildman–Crippen LogP) is 4.19. The second kappa shape index (κ2) is 16.2. The number of hydrogen-bond acceptors (Lipinski definition) is 8. The highest BCUT2D eigenvalue weighted by molar-refractivity contribution is 5.73. The van der Waals surface area contributed by atoms with Crippen LogP contribution in [0, 0.1) is 11.7 Å². The summed E-state index contributed by atoms with van der Waals surface area (Å²) in [6, 6.07) is 6.96. The molecule has 1 spiro atoms. The first kappa shape index (κ1) is 38.8. The number of rotatable bonds is 5. The Kier molecular flexibility index (Phi) is 13.9. The van der Waals surface area contributed by atoms with Gasteiger partial charge in [0.25, 0.3) is 0 Å². The zero-order valence-electron chi connectivity index (χ0n) is 22.4. The Balaban J connectivity index is 0.000000396. The summed E-state index contributed by atoms with van der Waals surface area (Å²) in [6.07, 6.45) is -9.09. The van der Waals surface area contributed by atoms with Gasteiger partial charge >= 0.3 is 36.4 Å². The average Bonchev–Trinajstić information content (AvgIpc) is 3.32. The van der Waals surface area contributed by atoms with E-state index in [-0.39, 0.29) is 17.4 Å².